The number of benzene rings is 2. The topological polar surface area (TPSA) is 46.3 Å². The lowest BCUT2D eigenvalue weighted by molar-refractivity contribution is 0.169. The Kier molecular flexibility index (Phi) is 3.52. The summed E-state index contributed by atoms with van der Waals surface area (Å²) in [6.45, 7) is 0. The van der Waals surface area contributed by atoms with E-state index < -0.39 is 6.10 Å². The van der Waals surface area contributed by atoms with Crippen molar-refractivity contribution in [3.05, 3.63) is 63.6 Å². The summed E-state index contributed by atoms with van der Waals surface area (Å²) in [7, 11) is 0. The van der Waals surface area contributed by atoms with Crippen LogP contribution in [-0.2, 0) is 6.42 Å². The number of nitrogens with zero attached hydrogens (tertiary/aromatic N) is 1. The number of aromatic nitrogens is 1. The Balaban J connectivity index is 1.82. The van der Waals surface area contributed by atoms with Crippen molar-refractivity contribution in [1.82, 2.24) is 4.98 Å². The summed E-state index contributed by atoms with van der Waals surface area (Å²) in [5.41, 5.74) is 2.46. The van der Waals surface area contributed by atoms with Crippen molar-refractivity contribution in [3.63, 3.8) is 0 Å². The molecule has 4 heteroatoms. The largest absolute Gasteiger partial charge is 0.441 e. The molecule has 1 aromatic heterocycles. The van der Waals surface area contributed by atoms with Crippen molar-refractivity contribution in [3.8, 4) is 0 Å². The molecule has 0 aliphatic carbocycles. The van der Waals surface area contributed by atoms with E-state index in [1.165, 1.54) is 0 Å². The minimum absolute atomic E-state index is 0.384. The van der Waals surface area contributed by atoms with Crippen LogP contribution >= 0.6 is 22.6 Å². The number of fused-ring (bicyclic) bond motifs is 1. The van der Waals surface area contributed by atoms with E-state index in [1.807, 2.05) is 48.5 Å². The van der Waals surface area contributed by atoms with Gasteiger partial charge in [0.05, 0.1) is 12.5 Å². The van der Waals surface area contributed by atoms with E-state index in [0.717, 1.165) is 20.2 Å². The van der Waals surface area contributed by atoms with E-state index >= 15 is 0 Å². The van der Waals surface area contributed by atoms with Gasteiger partial charge in [0.2, 0.25) is 0 Å². The molecule has 0 saturated heterocycles. The fourth-order valence-corrected chi connectivity index (χ4v) is 2.34. The van der Waals surface area contributed by atoms with Crippen LogP contribution in [0, 0.1) is 3.57 Å². The van der Waals surface area contributed by atoms with E-state index in [0.29, 0.717) is 12.3 Å². The van der Waals surface area contributed by atoms with Gasteiger partial charge in [-0.05, 0) is 52.4 Å². The van der Waals surface area contributed by atoms with Gasteiger partial charge in [0.1, 0.15) is 5.52 Å². The molecule has 0 amide bonds. The second-order valence-electron chi connectivity index (χ2n) is 4.35. The SMILES string of the molecule is OC(Cc1nc2ccccc2o1)c1ccc(I)cc1. The van der Waals surface area contributed by atoms with Gasteiger partial charge in [-0.3, -0.25) is 0 Å². The van der Waals surface area contributed by atoms with E-state index in [-0.39, 0.29) is 0 Å². The van der Waals surface area contributed by atoms with Crippen molar-refractivity contribution in [2.75, 3.05) is 0 Å². The third-order valence-corrected chi connectivity index (χ3v) is 3.68. The molecule has 0 radical (unpaired) electrons. The van der Waals surface area contributed by atoms with Gasteiger partial charge in [-0.15, -0.1) is 0 Å². The summed E-state index contributed by atoms with van der Waals surface area (Å²) >= 11 is 2.24. The number of oxazole rings is 1. The highest BCUT2D eigenvalue weighted by Gasteiger charge is 2.13. The first kappa shape index (κ1) is 12.6. The number of halogens is 1. The summed E-state index contributed by atoms with van der Waals surface area (Å²) in [6, 6.07) is 15.4. The number of aliphatic hydroxyl groups is 1. The lowest BCUT2D eigenvalue weighted by Crippen LogP contribution is -2.01. The van der Waals surface area contributed by atoms with Crippen LogP contribution in [0.1, 0.15) is 17.6 Å². The maximum absolute atomic E-state index is 10.2. The predicted molar refractivity (Wildman–Crippen MR) is 81.8 cm³/mol. The first-order valence-electron chi connectivity index (χ1n) is 6.00. The van der Waals surface area contributed by atoms with Crippen molar-refractivity contribution >= 4 is 33.7 Å². The molecule has 0 bridgehead atoms. The van der Waals surface area contributed by atoms with E-state index in [1.54, 1.807) is 0 Å². The van der Waals surface area contributed by atoms with Crippen LogP contribution in [0.25, 0.3) is 11.1 Å². The summed E-state index contributed by atoms with van der Waals surface area (Å²) in [4.78, 5) is 4.37. The molecule has 2 aromatic carbocycles. The van der Waals surface area contributed by atoms with Crippen LogP contribution in [0.3, 0.4) is 0 Å². The molecule has 3 rings (SSSR count). The molecule has 0 aliphatic heterocycles. The quantitative estimate of drug-likeness (QED) is 0.720. The molecule has 19 heavy (non-hydrogen) atoms. The molecule has 0 saturated carbocycles. The molecular formula is C15H12INO2. The third kappa shape index (κ3) is 2.79. The zero-order valence-corrected chi connectivity index (χ0v) is 12.2. The highest BCUT2D eigenvalue weighted by molar-refractivity contribution is 14.1. The van der Waals surface area contributed by atoms with Crippen molar-refractivity contribution in [2.45, 2.75) is 12.5 Å². The van der Waals surface area contributed by atoms with Crippen LogP contribution in [0.15, 0.2) is 52.9 Å². The van der Waals surface area contributed by atoms with Gasteiger partial charge in [-0.25, -0.2) is 4.98 Å². The summed E-state index contributed by atoms with van der Waals surface area (Å²) in [6.07, 6.45) is -0.208. The molecule has 0 aliphatic rings. The minimum Gasteiger partial charge on any atom is -0.441 e. The highest BCUT2D eigenvalue weighted by atomic mass is 127. The van der Waals surface area contributed by atoms with Gasteiger partial charge >= 0.3 is 0 Å². The van der Waals surface area contributed by atoms with Crippen molar-refractivity contribution in [1.29, 1.82) is 0 Å². The molecule has 0 fully saturated rings. The average molecular weight is 365 g/mol. The van der Waals surface area contributed by atoms with Gasteiger partial charge in [-0.2, -0.15) is 0 Å². The number of aliphatic hydroxyl groups excluding tert-OH is 1. The van der Waals surface area contributed by atoms with Crippen LogP contribution < -0.4 is 0 Å². The molecule has 1 atom stereocenters. The molecule has 3 aromatic rings. The Morgan fingerprint density at radius 3 is 2.58 bits per heavy atom. The van der Waals surface area contributed by atoms with E-state index in [9.17, 15) is 5.11 Å². The monoisotopic (exact) mass is 365 g/mol. The standard InChI is InChI=1S/C15H12INO2/c16-11-7-5-10(6-8-11)13(18)9-15-17-12-3-1-2-4-14(12)19-15/h1-8,13,18H,9H2. The Hall–Kier alpha value is -1.40. The van der Waals surface area contributed by atoms with Gasteiger partial charge in [0, 0.05) is 3.57 Å². The molecule has 96 valence electrons. The first-order valence-corrected chi connectivity index (χ1v) is 7.08. The Labute approximate surface area is 124 Å². The number of rotatable bonds is 3. The maximum Gasteiger partial charge on any atom is 0.198 e. The predicted octanol–water partition coefficient (Wildman–Crippen LogP) is 3.71. The Bertz CT molecular complexity index is 658. The Morgan fingerprint density at radius 2 is 1.84 bits per heavy atom. The summed E-state index contributed by atoms with van der Waals surface area (Å²) in [5.74, 6) is 0.562. The molecule has 0 spiro atoms. The smallest absolute Gasteiger partial charge is 0.198 e. The number of para-hydroxylation sites is 2. The van der Waals surface area contributed by atoms with Gasteiger partial charge in [0.25, 0.3) is 0 Å². The normalized spacial score (nSPS) is 12.7. The van der Waals surface area contributed by atoms with Crippen molar-refractivity contribution in [2.24, 2.45) is 0 Å². The lowest BCUT2D eigenvalue weighted by Gasteiger charge is -2.08. The van der Waals surface area contributed by atoms with Crippen molar-refractivity contribution < 1.29 is 9.52 Å². The van der Waals surface area contributed by atoms with Crippen LogP contribution in [0.4, 0.5) is 0 Å². The van der Waals surface area contributed by atoms with Gasteiger partial charge in [0.15, 0.2) is 11.5 Å². The number of hydrogen-bond acceptors (Lipinski definition) is 3. The van der Waals surface area contributed by atoms with Crippen LogP contribution in [-0.4, -0.2) is 10.1 Å². The van der Waals surface area contributed by atoms with Crippen LogP contribution in [0.2, 0.25) is 0 Å². The third-order valence-electron chi connectivity index (χ3n) is 2.96. The second kappa shape index (κ2) is 5.30. The maximum atomic E-state index is 10.2. The highest BCUT2D eigenvalue weighted by Crippen LogP contribution is 2.22. The minimum atomic E-state index is -0.593. The average Bonchev–Trinajstić information content (AvgIpc) is 2.81. The molecule has 1 unspecified atom stereocenters. The zero-order chi connectivity index (χ0) is 13.2. The van der Waals surface area contributed by atoms with E-state index in [4.69, 9.17) is 4.42 Å². The zero-order valence-electron chi connectivity index (χ0n) is 10.1. The molecule has 3 nitrogen and oxygen atoms in total. The second-order valence-corrected chi connectivity index (χ2v) is 5.59. The number of hydrogen-bond donors (Lipinski definition) is 1. The van der Waals surface area contributed by atoms with E-state index in [2.05, 4.69) is 27.6 Å². The molecule has 1 N–H and O–H groups in total. The fraction of sp³-hybridized carbons (Fsp3) is 0.133. The summed E-state index contributed by atoms with van der Waals surface area (Å²) < 4.78 is 6.76. The van der Waals surface area contributed by atoms with Gasteiger partial charge < -0.3 is 9.52 Å². The Morgan fingerprint density at radius 1 is 1.11 bits per heavy atom. The fourth-order valence-electron chi connectivity index (χ4n) is 1.98. The van der Waals surface area contributed by atoms with Crippen LogP contribution in [0.5, 0.6) is 0 Å². The summed E-state index contributed by atoms with van der Waals surface area (Å²) in [5, 5.41) is 10.2. The molecular weight excluding hydrogens is 353 g/mol. The lowest BCUT2D eigenvalue weighted by atomic mass is 10.1. The van der Waals surface area contributed by atoms with Gasteiger partial charge in [-0.1, -0.05) is 24.3 Å². The molecule has 1 heterocycles. The first-order chi connectivity index (χ1) is 9.22.